The molecule has 0 bridgehead atoms. The SMILES string of the molecule is N#Cc1c(Br)cccc1N1CCC(N)C1. The second-order valence-electron chi connectivity index (χ2n) is 3.74. The highest BCUT2D eigenvalue weighted by molar-refractivity contribution is 9.10. The van der Waals surface area contributed by atoms with Gasteiger partial charge in [-0.1, -0.05) is 6.07 Å². The predicted octanol–water partition coefficient (Wildman–Crippen LogP) is 1.86. The third-order valence-electron chi connectivity index (χ3n) is 2.67. The van der Waals surface area contributed by atoms with Crippen LogP contribution in [0, 0.1) is 11.3 Å². The lowest BCUT2D eigenvalue weighted by Gasteiger charge is -2.19. The fraction of sp³-hybridized carbons (Fsp3) is 0.364. The second-order valence-corrected chi connectivity index (χ2v) is 4.59. The number of nitrogens with two attached hydrogens (primary N) is 1. The zero-order chi connectivity index (χ0) is 10.8. The van der Waals surface area contributed by atoms with Gasteiger partial charge in [0.05, 0.1) is 11.3 Å². The Bertz CT molecular complexity index is 411. The van der Waals surface area contributed by atoms with Crippen LogP contribution in [0.2, 0.25) is 0 Å². The smallest absolute Gasteiger partial charge is 0.103 e. The molecule has 0 aromatic heterocycles. The van der Waals surface area contributed by atoms with Gasteiger partial charge in [-0.3, -0.25) is 0 Å². The van der Waals surface area contributed by atoms with Crippen molar-refractivity contribution in [1.29, 1.82) is 5.26 Å². The molecule has 0 saturated carbocycles. The van der Waals surface area contributed by atoms with Crippen molar-refractivity contribution in [3.8, 4) is 6.07 Å². The number of hydrogen-bond donors (Lipinski definition) is 1. The topological polar surface area (TPSA) is 53.0 Å². The zero-order valence-corrected chi connectivity index (χ0v) is 9.87. The summed E-state index contributed by atoms with van der Waals surface area (Å²) in [7, 11) is 0. The summed E-state index contributed by atoms with van der Waals surface area (Å²) in [5.74, 6) is 0. The summed E-state index contributed by atoms with van der Waals surface area (Å²) in [6, 6.07) is 8.27. The van der Waals surface area contributed by atoms with Crippen LogP contribution in [0.25, 0.3) is 0 Å². The molecule has 1 aromatic rings. The maximum Gasteiger partial charge on any atom is 0.103 e. The summed E-state index contributed by atoms with van der Waals surface area (Å²) >= 11 is 3.39. The molecule has 15 heavy (non-hydrogen) atoms. The molecule has 2 rings (SSSR count). The number of halogens is 1. The van der Waals surface area contributed by atoms with Gasteiger partial charge in [-0.15, -0.1) is 0 Å². The quantitative estimate of drug-likeness (QED) is 0.844. The average molecular weight is 266 g/mol. The van der Waals surface area contributed by atoms with Crippen LogP contribution < -0.4 is 10.6 Å². The van der Waals surface area contributed by atoms with Gasteiger partial charge >= 0.3 is 0 Å². The molecule has 1 aliphatic heterocycles. The Balaban J connectivity index is 2.36. The standard InChI is InChI=1S/C11H12BrN3/c12-10-2-1-3-11(9(10)6-13)15-5-4-8(14)7-15/h1-3,8H,4-5,7,14H2. The first-order valence-corrected chi connectivity index (χ1v) is 5.71. The summed E-state index contributed by atoms with van der Waals surface area (Å²) in [6.07, 6.45) is 0.997. The Morgan fingerprint density at radius 2 is 2.33 bits per heavy atom. The molecule has 1 aliphatic rings. The Hall–Kier alpha value is -1.05. The summed E-state index contributed by atoms with van der Waals surface area (Å²) in [5.41, 5.74) is 7.54. The lowest BCUT2D eigenvalue weighted by atomic mass is 10.2. The van der Waals surface area contributed by atoms with E-state index in [9.17, 15) is 0 Å². The Kier molecular flexibility index (Phi) is 2.94. The van der Waals surface area contributed by atoms with Crippen molar-refractivity contribution in [2.45, 2.75) is 12.5 Å². The Labute approximate surface area is 97.6 Å². The molecule has 1 heterocycles. The first-order valence-electron chi connectivity index (χ1n) is 4.91. The number of benzene rings is 1. The van der Waals surface area contributed by atoms with E-state index in [0.29, 0.717) is 5.56 Å². The van der Waals surface area contributed by atoms with Crippen molar-refractivity contribution in [3.05, 3.63) is 28.2 Å². The van der Waals surface area contributed by atoms with Gasteiger partial charge in [-0.05, 0) is 34.5 Å². The minimum Gasteiger partial charge on any atom is -0.369 e. The van der Waals surface area contributed by atoms with Crippen LogP contribution in [0.1, 0.15) is 12.0 Å². The van der Waals surface area contributed by atoms with Crippen molar-refractivity contribution in [2.24, 2.45) is 5.73 Å². The van der Waals surface area contributed by atoms with Crippen LogP contribution in [0.5, 0.6) is 0 Å². The third-order valence-corrected chi connectivity index (χ3v) is 3.33. The van der Waals surface area contributed by atoms with Gasteiger partial charge in [0, 0.05) is 23.6 Å². The first kappa shape index (κ1) is 10.5. The number of hydrogen-bond acceptors (Lipinski definition) is 3. The maximum absolute atomic E-state index is 9.09. The molecule has 2 N–H and O–H groups in total. The summed E-state index contributed by atoms with van der Waals surface area (Å²) in [4.78, 5) is 2.17. The highest BCUT2D eigenvalue weighted by Crippen LogP contribution is 2.29. The van der Waals surface area contributed by atoms with E-state index in [1.54, 1.807) is 0 Å². The summed E-state index contributed by atoms with van der Waals surface area (Å²) in [5, 5.41) is 9.09. The van der Waals surface area contributed by atoms with Gasteiger partial charge in [-0.25, -0.2) is 0 Å². The van der Waals surface area contributed by atoms with Crippen molar-refractivity contribution < 1.29 is 0 Å². The van der Waals surface area contributed by atoms with E-state index in [0.717, 1.165) is 29.7 Å². The fourth-order valence-electron chi connectivity index (χ4n) is 1.89. The summed E-state index contributed by atoms with van der Waals surface area (Å²) < 4.78 is 0.850. The minimum atomic E-state index is 0.232. The van der Waals surface area contributed by atoms with Crippen LogP contribution >= 0.6 is 15.9 Å². The van der Waals surface area contributed by atoms with E-state index in [2.05, 4.69) is 26.9 Å². The lowest BCUT2D eigenvalue weighted by Crippen LogP contribution is -2.26. The normalized spacial score (nSPS) is 20.3. The van der Waals surface area contributed by atoms with Crippen LogP contribution in [-0.4, -0.2) is 19.1 Å². The van der Waals surface area contributed by atoms with Crippen LogP contribution in [-0.2, 0) is 0 Å². The van der Waals surface area contributed by atoms with Gasteiger partial charge in [0.15, 0.2) is 0 Å². The van der Waals surface area contributed by atoms with E-state index >= 15 is 0 Å². The molecule has 1 fully saturated rings. The van der Waals surface area contributed by atoms with Gasteiger partial charge in [0.2, 0.25) is 0 Å². The minimum absolute atomic E-state index is 0.232. The lowest BCUT2D eigenvalue weighted by molar-refractivity contribution is 0.752. The molecule has 0 amide bonds. The summed E-state index contributed by atoms with van der Waals surface area (Å²) in [6.45, 7) is 1.78. The third kappa shape index (κ3) is 1.99. The number of nitrogens with zero attached hydrogens (tertiary/aromatic N) is 2. The van der Waals surface area contributed by atoms with E-state index < -0.39 is 0 Å². The predicted molar refractivity (Wildman–Crippen MR) is 63.7 cm³/mol. The number of nitriles is 1. The van der Waals surface area contributed by atoms with Crippen molar-refractivity contribution in [3.63, 3.8) is 0 Å². The van der Waals surface area contributed by atoms with Crippen molar-refractivity contribution in [2.75, 3.05) is 18.0 Å². The van der Waals surface area contributed by atoms with E-state index in [1.807, 2.05) is 18.2 Å². The molecule has 4 heteroatoms. The largest absolute Gasteiger partial charge is 0.369 e. The van der Waals surface area contributed by atoms with Crippen molar-refractivity contribution in [1.82, 2.24) is 0 Å². The van der Waals surface area contributed by atoms with Crippen LogP contribution in [0.3, 0.4) is 0 Å². The molecule has 1 unspecified atom stereocenters. The second kappa shape index (κ2) is 4.21. The van der Waals surface area contributed by atoms with E-state index in [1.165, 1.54) is 0 Å². The Morgan fingerprint density at radius 1 is 1.53 bits per heavy atom. The molecule has 0 radical (unpaired) electrons. The molecule has 78 valence electrons. The monoisotopic (exact) mass is 265 g/mol. The van der Waals surface area contributed by atoms with Gasteiger partial charge in [-0.2, -0.15) is 5.26 Å². The van der Waals surface area contributed by atoms with Crippen LogP contribution in [0.4, 0.5) is 5.69 Å². The molecule has 0 spiro atoms. The highest BCUT2D eigenvalue weighted by atomic mass is 79.9. The molecular weight excluding hydrogens is 254 g/mol. The molecule has 1 atom stereocenters. The fourth-order valence-corrected chi connectivity index (χ4v) is 2.34. The molecular formula is C11H12BrN3. The molecule has 3 nitrogen and oxygen atoms in total. The zero-order valence-electron chi connectivity index (χ0n) is 8.28. The first-order chi connectivity index (χ1) is 7.22. The van der Waals surface area contributed by atoms with Gasteiger partial charge < -0.3 is 10.6 Å². The average Bonchev–Trinajstić information content (AvgIpc) is 2.64. The van der Waals surface area contributed by atoms with E-state index in [-0.39, 0.29) is 6.04 Å². The molecule has 0 aliphatic carbocycles. The van der Waals surface area contributed by atoms with Gasteiger partial charge in [0.1, 0.15) is 6.07 Å². The Morgan fingerprint density at radius 3 is 2.93 bits per heavy atom. The van der Waals surface area contributed by atoms with Crippen molar-refractivity contribution >= 4 is 21.6 Å². The molecule has 1 saturated heterocycles. The molecule has 1 aromatic carbocycles. The number of anilines is 1. The van der Waals surface area contributed by atoms with E-state index in [4.69, 9.17) is 11.0 Å². The number of rotatable bonds is 1. The van der Waals surface area contributed by atoms with Gasteiger partial charge in [0.25, 0.3) is 0 Å². The highest BCUT2D eigenvalue weighted by Gasteiger charge is 2.21. The maximum atomic E-state index is 9.09. The van der Waals surface area contributed by atoms with Crippen LogP contribution in [0.15, 0.2) is 22.7 Å².